The van der Waals surface area contributed by atoms with Crippen LogP contribution in [-0.4, -0.2) is 18.0 Å². The van der Waals surface area contributed by atoms with Crippen molar-refractivity contribution in [1.82, 2.24) is 4.98 Å². The predicted molar refractivity (Wildman–Crippen MR) is 98.8 cm³/mol. The van der Waals surface area contributed by atoms with Crippen LogP contribution in [0.3, 0.4) is 0 Å². The Morgan fingerprint density at radius 1 is 1.24 bits per heavy atom. The first-order valence-electron chi connectivity index (χ1n) is 8.09. The highest BCUT2D eigenvalue weighted by molar-refractivity contribution is 6.02. The molecule has 0 saturated carbocycles. The summed E-state index contributed by atoms with van der Waals surface area (Å²) in [7, 11) is 1.61. The minimum absolute atomic E-state index is 0.217. The minimum atomic E-state index is -0.217. The lowest BCUT2D eigenvalue weighted by Crippen LogP contribution is -2.07. The van der Waals surface area contributed by atoms with E-state index in [0.29, 0.717) is 17.2 Å². The van der Waals surface area contributed by atoms with Crippen LogP contribution in [0.2, 0.25) is 0 Å². The van der Waals surface area contributed by atoms with Crippen molar-refractivity contribution < 1.29 is 13.9 Å². The van der Waals surface area contributed by atoms with Crippen molar-refractivity contribution in [1.29, 1.82) is 0 Å². The van der Waals surface area contributed by atoms with Crippen molar-refractivity contribution in [2.24, 2.45) is 0 Å². The molecule has 0 fully saturated rings. The minimum Gasteiger partial charge on any atom is -0.497 e. The third-order valence-corrected chi connectivity index (χ3v) is 3.69. The van der Waals surface area contributed by atoms with E-state index in [2.05, 4.69) is 10.3 Å². The van der Waals surface area contributed by atoms with Crippen LogP contribution in [0.1, 0.15) is 31.2 Å². The van der Waals surface area contributed by atoms with Gasteiger partial charge in [-0.05, 0) is 35.9 Å². The Hall–Kier alpha value is -3.08. The fourth-order valence-corrected chi connectivity index (χ4v) is 2.37. The Morgan fingerprint density at radius 3 is 2.84 bits per heavy atom. The largest absolute Gasteiger partial charge is 0.497 e. The Balaban J connectivity index is 1.71. The normalized spacial score (nSPS) is 11.4. The van der Waals surface area contributed by atoms with E-state index in [9.17, 15) is 4.79 Å². The molecule has 0 atom stereocenters. The maximum Gasteiger partial charge on any atom is 0.248 e. The number of hydrogen-bond acceptors (Lipinski definition) is 4. The van der Waals surface area contributed by atoms with E-state index in [4.69, 9.17) is 9.15 Å². The average molecular weight is 336 g/mol. The van der Waals surface area contributed by atoms with Gasteiger partial charge in [-0.25, -0.2) is 4.98 Å². The van der Waals surface area contributed by atoms with Crippen LogP contribution in [0.5, 0.6) is 5.75 Å². The number of amides is 1. The van der Waals surface area contributed by atoms with Crippen molar-refractivity contribution >= 4 is 28.8 Å². The summed E-state index contributed by atoms with van der Waals surface area (Å²) in [6, 6.07) is 12.9. The van der Waals surface area contributed by atoms with Crippen LogP contribution in [0.25, 0.3) is 17.2 Å². The zero-order valence-electron chi connectivity index (χ0n) is 14.4. The molecule has 5 nitrogen and oxygen atoms in total. The second-order valence-corrected chi connectivity index (χ2v) is 5.99. The molecule has 1 amide bonds. The number of nitrogens with one attached hydrogen (secondary N) is 1. The first-order chi connectivity index (χ1) is 12.0. The molecule has 1 heterocycles. The van der Waals surface area contributed by atoms with Crippen molar-refractivity contribution in [2.45, 2.75) is 19.8 Å². The van der Waals surface area contributed by atoms with Crippen molar-refractivity contribution in [3.8, 4) is 5.75 Å². The van der Waals surface area contributed by atoms with Gasteiger partial charge in [-0.2, -0.15) is 0 Å². The second kappa shape index (κ2) is 7.21. The Morgan fingerprint density at radius 2 is 2.08 bits per heavy atom. The average Bonchev–Trinajstić information content (AvgIpc) is 3.04. The summed E-state index contributed by atoms with van der Waals surface area (Å²) in [6.45, 7) is 4.05. The molecular formula is C20H20N2O3. The molecule has 3 rings (SSSR count). The lowest BCUT2D eigenvalue weighted by atomic mass is 10.2. The standard InChI is InChI=1S/C20H20N2O3/c1-13(2)20-22-17-9-8-15(12-18(17)25-20)21-19(23)10-7-14-5-4-6-16(11-14)24-3/h4-13H,1-3H3,(H,21,23)/b10-7+. The summed E-state index contributed by atoms with van der Waals surface area (Å²) in [4.78, 5) is 16.5. The summed E-state index contributed by atoms with van der Waals surface area (Å²) < 4.78 is 10.9. The number of oxazole rings is 1. The highest BCUT2D eigenvalue weighted by Crippen LogP contribution is 2.24. The third-order valence-electron chi connectivity index (χ3n) is 3.69. The van der Waals surface area contributed by atoms with Gasteiger partial charge in [0.2, 0.25) is 5.91 Å². The first-order valence-corrected chi connectivity index (χ1v) is 8.09. The maximum atomic E-state index is 12.1. The Labute approximate surface area is 146 Å². The molecule has 1 aromatic heterocycles. The zero-order valence-corrected chi connectivity index (χ0v) is 14.4. The van der Waals surface area contributed by atoms with Crippen LogP contribution < -0.4 is 10.1 Å². The number of carbonyl (C=O) groups excluding carboxylic acids is 1. The quantitative estimate of drug-likeness (QED) is 0.691. The van der Waals surface area contributed by atoms with E-state index in [1.165, 1.54) is 6.08 Å². The summed E-state index contributed by atoms with van der Waals surface area (Å²) in [5.74, 6) is 1.44. The van der Waals surface area contributed by atoms with E-state index < -0.39 is 0 Å². The number of rotatable bonds is 5. The molecule has 0 aliphatic rings. The summed E-state index contributed by atoms with van der Waals surface area (Å²) >= 11 is 0. The van der Waals surface area contributed by atoms with E-state index in [1.807, 2.05) is 50.2 Å². The molecule has 0 bridgehead atoms. The van der Waals surface area contributed by atoms with Gasteiger partial charge in [0.1, 0.15) is 11.3 Å². The lowest BCUT2D eigenvalue weighted by molar-refractivity contribution is -0.111. The number of nitrogens with zero attached hydrogens (tertiary/aromatic N) is 1. The number of ether oxygens (including phenoxy) is 1. The smallest absolute Gasteiger partial charge is 0.248 e. The second-order valence-electron chi connectivity index (χ2n) is 5.99. The molecule has 0 aliphatic heterocycles. The van der Waals surface area contributed by atoms with Crippen LogP contribution in [0.15, 0.2) is 53.0 Å². The third kappa shape index (κ3) is 4.07. The maximum absolute atomic E-state index is 12.1. The van der Waals surface area contributed by atoms with Gasteiger partial charge in [-0.3, -0.25) is 4.79 Å². The fraction of sp³-hybridized carbons (Fsp3) is 0.200. The molecule has 128 valence electrons. The monoisotopic (exact) mass is 336 g/mol. The summed E-state index contributed by atoms with van der Waals surface area (Å²) in [6.07, 6.45) is 3.22. The van der Waals surface area contributed by atoms with Gasteiger partial charge >= 0.3 is 0 Å². The van der Waals surface area contributed by atoms with E-state index in [0.717, 1.165) is 16.8 Å². The van der Waals surface area contributed by atoms with Crippen LogP contribution in [0.4, 0.5) is 5.69 Å². The first kappa shape index (κ1) is 16.8. The van der Waals surface area contributed by atoms with Crippen molar-refractivity contribution in [3.63, 3.8) is 0 Å². The molecule has 5 heteroatoms. The molecule has 2 aromatic carbocycles. The number of methoxy groups -OCH3 is 1. The molecule has 25 heavy (non-hydrogen) atoms. The molecule has 1 N–H and O–H groups in total. The van der Waals surface area contributed by atoms with E-state index >= 15 is 0 Å². The van der Waals surface area contributed by atoms with E-state index in [1.54, 1.807) is 19.3 Å². The highest BCUT2D eigenvalue weighted by Gasteiger charge is 2.10. The molecule has 3 aromatic rings. The number of anilines is 1. The topological polar surface area (TPSA) is 64.4 Å². The molecule has 0 radical (unpaired) electrons. The van der Waals surface area contributed by atoms with Crippen LogP contribution in [0, 0.1) is 0 Å². The molecule has 0 unspecified atom stereocenters. The number of fused-ring (bicyclic) bond motifs is 1. The van der Waals surface area contributed by atoms with Crippen LogP contribution in [-0.2, 0) is 4.79 Å². The van der Waals surface area contributed by atoms with Gasteiger partial charge < -0.3 is 14.5 Å². The molecule has 0 saturated heterocycles. The summed E-state index contributed by atoms with van der Waals surface area (Å²) in [5.41, 5.74) is 3.01. The van der Waals surface area contributed by atoms with Gasteiger partial charge in [0.25, 0.3) is 0 Å². The number of hydrogen-bond donors (Lipinski definition) is 1. The van der Waals surface area contributed by atoms with Crippen molar-refractivity contribution in [3.05, 3.63) is 60.0 Å². The van der Waals surface area contributed by atoms with Gasteiger partial charge in [-0.1, -0.05) is 26.0 Å². The van der Waals surface area contributed by atoms with Gasteiger partial charge in [0.05, 0.1) is 7.11 Å². The van der Waals surface area contributed by atoms with Gasteiger partial charge in [0, 0.05) is 23.7 Å². The Kier molecular flexibility index (Phi) is 4.84. The lowest BCUT2D eigenvalue weighted by Gasteiger charge is -2.02. The molecule has 0 spiro atoms. The van der Waals surface area contributed by atoms with Gasteiger partial charge in [-0.15, -0.1) is 0 Å². The summed E-state index contributed by atoms with van der Waals surface area (Å²) in [5, 5.41) is 2.83. The van der Waals surface area contributed by atoms with Crippen LogP contribution >= 0.6 is 0 Å². The SMILES string of the molecule is COc1cccc(/C=C/C(=O)Nc2ccc3nc(C(C)C)oc3c2)c1. The zero-order chi connectivity index (χ0) is 17.8. The molecule has 0 aliphatic carbocycles. The fourth-order valence-electron chi connectivity index (χ4n) is 2.37. The highest BCUT2D eigenvalue weighted by atomic mass is 16.5. The van der Waals surface area contributed by atoms with Crippen molar-refractivity contribution in [2.75, 3.05) is 12.4 Å². The Bertz CT molecular complexity index is 926. The van der Waals surface area contributed by atoms with Gasteiger partial charge in [0.15, 0.2) is 11.5 Å². The van der Waals surface area contributed by atoms with E-state index in [-0.39, 0.29) is 11.8 Å². The predicted octanol–water partition coefficient (Wildman–Crippen LogP) is 4.61. The number of carbonyl (C=O) groups is 1. The number of benzene rings is 2. The number of aromatic nitrogens is 1. The molecular weight excluding hydrogens is 316 g/mol.